The first-order valence-electron chi connectivity index (χ1n) is 6.93. The highest BCUT2D eigenvalue weighted by Crippen LogP contribution is 2.43. The van der Waals surface area contributed by atoms with Gasteiger partial charge in [-0.1, -0.05) is 36.4 Å². The summed E-state index contributed by atoms with van der Waals surface area (Å²) in [6.45, 7) is 5.52. The Morgan fingerprint density at radius 3 is 2.79 bits per heavy atom. The molecular formula is C18H17N. The molecule has 0 saturated heterocycles. The Labute approximate surface area is 114 Å². The zero-order valence-corrected chi connectivity index (χ0v) is 11.4. The Balaban J connectivity index is 2.05. The molecular weight excluding hydrogens is 230 g/mol. The molecule has 94 valence electrons. The van der Waals surface area contributed by atoms with E-state index in [0.717, 1.165) is 13.0 Å². The zero-order chi connectivity index (χ0) is 13.0. The largest absolute Gasteiger partial charge is 0.340 e. The van der Waals surface area contributed by atoms with Crippen molar-refractivity contribution in [2.24, 2.45) is 0 Å². The Morgan fingerprint density at radius 1 is 1.00 bits per heavy atom. The van der Waals surface area contributed by atoms with Crippen LogP contribution in [0.4, 0.5) is 11.4 Å². The second-order valence-corrected chi connectivity index (χ2v) is 5.53. The fourth-order valence-corrected chi connectivity index (χ4v) is 3.30. The second-order valence-electron chi connectivity index (χ2n) is 5.53. The normalized spacial score (nSPS) is 15.2. The van der Waals surface area contributed by atoms with Gasteiger partial charge in [-0.2, -0.15) is 0 Å². The van der Waals surface area contributed by atoms with Crippen molar-refractivity contribution in [3.05, 3.63) is 58.1 Å². The van der Waals surface area contributed by atoms with Crippen LogP contribution in [0.5, 0.6) is 0 Å². The van der Waals surface area contributed by atoms with Gasteiger partial charge >= 0.3 is 0 Å². The van der Waals surface area contributed by atoms with Crippen molar-refractivity contribution in [2.45, 2.75) is 20.3 Å². The maximum absolute atomic E-state index is 2.49. The molecule has 0 aliphatic carbocycles. The summed E-state index contributed by atoms with van der Waals surface area (Å²) in [6.07, 6.45) is 5.71. The summed E-state index contributed by atoms with van der Waals surface area (Å²) in [5, 5.41) is 0. The standard InChI is InChI=1S/C18H17N/c1-12-6-9-17-16(13(12)2)8-7-14-4-3-5-15-10-11-19(17)18(14)15/h3-9H,10-11H2,1-2H3. The third kappa shape index (κ3) is 1.42. The van der Waals surface area contributed by atoms with Gasteiger partial charge in [0.25, 0.3) is 0 Å². The van der Waals surface area contributed by atoms with Gasteiger partial charge < -0.3 is 4.90 Å². The van der Waals surface area contributed by atoms with Gasteiger partial charge in [0.05, 0.1) is 5.69 Å². The lowest BCUT2D eigenvalue weighted by atomic mass is 10.0. The number of rotatable bonds is 0. The number of benzene rings is 2. The van der Waals surface area contributed by atoms with E-state index in [0.29, 0.717) is 0 Å². The van der Waals surface area contributed by atoms with Crippen molar-refractivity contribution in [1.82, 2.24) is 0 Å². The van der Waals surface area contributed by atoms with Crippen LogP contribution in [-0.2, 0) is 6.42 Å². The summed E-state index contributed by atoms with van der Waals surface area (Å²) >= 11 is 0. The summed E-state index contributed by atoms with van der Waals surface area (Å²) < 4.78 is 0. The molecule has 0 amide bonds. The molecule has 0 unspecified atom stereocenters. The van der Waals surface area contributed by atoms with Crippen molar-refractivity contribution in [3.8, 4) is 0 Å². The Hall–Kier alpha value is -2.02. The van der Waals surface area contributed by atoms with Gasteiger partial charge in [0.2, 0.25) is 0 Å². The monoisotopic (exact) mass is 247 g/mol. The lowest BCUT2D eigenvalue weighted by Gasteiger charge is -2.23. The van der Waals surface area contributed by atoms with Crippen LogP contribution >= 0.6 is 0 Å². The van der Waals surface area contributed by atoms with Crippen LogP contribution in [0.15, 0.2) is 30.3 Å². The number of nitrogens with zero attached hydrogens (tertiary/aromatic N) is 1. The van der Waals surface area contributed by atoms with Crippen LogP contribution in [0, 0.1) is 13.8 Å². The van der Waals surface area contributed by atoms with Crippen molar-refractivity contribution in [2.75, 3.05) is 11.4 Å². The highest BCUT2D eigenvalue weighted by Gasteiger charge is 2.26. The van der Waals surface area contributed by atoms with E-state index in [1.165, 1.54) is 39.2 Å². The first-order chi connectivity index (χ1) is 9.25. The molecule has 2 aliphatic rings. The van der Waals surface area contributed by atoms with Crippen LogP contribution in [0.1, 0.15) is 27.8 Å². The maximum Gasteiger partial charge on any atom is 0.0517 e. The number of hydrogen-bond donors (Lipinski definition) is 0. The fourth-order valence-electron chi connectivity index (χ4n) is 3.30. The van der Waals surface area contributed by atoms with Gasteiger partial charge in [0.1, 0.15) is 0 Å². The number of anilines is 2. The Kier molecular flexibility index (Phi) is 2.14. The highest BCUT2D eigenvalue weighted by molar-refractivity contribution is 5.92. The molecule has 0 radical (unpaired) electrons. The van der Waals surface area contributed by atoms with Gasteiger partial charge in [-0.25, -0.2) is 0 Å². The number of hydrogen-bond acceptors (Lipinski definition) is 1. The van der Waals surface area contributed by atoms with Gasteiger partial charge in [-0.05, 0) is 48.6 Å². The maximum atomic E-state index is 2.49. The highest BCUT2D eigenvalue weighted by atomic mass is 15.2. The number of aryl methyl sites for hydroxylation is 1. The molecule has 0 spiro atoms. The summed E-state index contributed by atoms with van der Waals surface area (Å²) in [4.78, 5) is 2.49. The molecule has 2 aliphatic heterocycles. The minimum atomic E-state index is 1.10. The zero-order valence-electron chi connectivity index (χ0n) is 11.4. The van der Waals surface area contributed by atoms with E-state index in [-0.39, 0.29) is 0 Å². The molecule has 0 fully saturated rings. The van der Waals surface area contributed by atoms with Gasteiger partial charge in [0, 0.05) is 17.8 Å². The van der Waals surface area contributed by atoms with Crippen LogP contribution in [-0.4, -0.2) is 6.54 Å². The summed E-state index contributed by atoms with van der Waals surface area (Å²) in [6, 6.07) is 11.2. The number of para-hydroxylation sites is 1. The predicted molar refractivity (Wildman–Crippen MR) is 82.0 cm³/mol. The van der Waals surface area contributed by atoms with Crippen molar-refractivity contribution < 1.29 is 0 Å². The van der Waals surface area contributed by atoms with E-state index in [1.807, 2.05) is 0 Å². The van der Waals surface area contributed by atoms with Crippen LogP contribution in [0.2, 0.25) is 0 Å². The quantitative estimate of drug-likeness (QED) is 0.663. The molecule has 1 heteroatoms. The van der Waals surface area contributed by atoms with Crippen molar-refractivity contribution >= 4 is 23.5 Å². The summed E-state index contributed by atoms with van der Waals surface area (Å²) in [7, 11) is 0. The van der Waals surface area contributed by atoms with E-state index in [9.17, 15) is 0 Å². The number of fused-ring (bicyclic) bond motifs is 2. The summed E-state index contributed by atoms with van der Waals surface area (Å²) in [5.74, 6) is 0. The lowest BCUT2D eigenvalue weighted by molar-refractivity contribution is 0.995. The minimum Gasteiger partial charge on any atom is -0.340 e. The molecule has 2 heterocycles. The second kappa shape index (κ2) is 3.74. The average Bonchev–Trinajstić information content (AvgIpc) is 2.77. The third-order valence-electron chi connectivity index (χ3n) is 4.51. The molecule has 0 bridgehead atoms. The van der Waals surface area contributed by atoms with E-state index in [2.05, 4.69) is 61.2 Å². The molecule has 0 aromatic heterocycles. The molecule has 1 nitrogen and oxygen atoms in total. The molecule has 0 atom stereocenters. The van der Waals surface area contributed by atoms with Crippen LogP contribution < -0.4 is 4.90 Å². The van der Waals surface area contributed by atoms with Crippen molar-refractivity contribution in [3.63, 3.8) is 0 Å². The third-order valence-corrected chi connectivity index (χ3v) is 4.51. The van der Waals surface area contributed by atoms with E-state index >= 15 is 0 Å². The molecule has 4 rings (SSSR count). The first-order valence-corrected chi connectivity index (χ1v) is 6.93. The summed E-state index contributed by atoms with van der Waals surface area (Å²) in [5.41, 5.74) is 9.76. The van der Waals surface area contributed by atoms with Gasteiger partial charge in [-0.15, -0.1) is 0 Å². The molecule has 0 N–H and O–H groups in total. The van der Waals surface area contributed by atoms with E-state index in [1.54, 1.807) is 0 Å². The molecule has 2 aromatic carbocycles. The Bertz CT molecular complexity index is 710. The lowest BCUT2D eigenvalue weighted by Crippen LogP contribution is -2.15. The van der Waals surface area contributed by atoms with Crippen LogP contribution in [0.3, 0.4) is 0 Å². The van der Waals surface area contributed by atoms with Crippen LogP contribution in [0.25, 0.3) is 12.2 Å². The smallest absolute Gasteiger partial charge is 0.0517 e. The average molecular weight is 247 g/mol. The Morgan fingerprint density at radius 2 is 1.89 bits per heavy atom. The predicted octanol–water partition coefficient (Wildman–Crippen LogP) is 4.48. The fraction of sp³-hybridized carbons (Fsp3) is 0.222. The van der Waals surface area contributed by atoms with E-state index < -0.39 is 0 Å². The molecule has 0 saturated carbocycles. The SMILES string of the molecule is Cc1ccc2c(c1C)C=Cc1cccc3c1N2CC3. The topological polar surface area (TPSA) is 3.24 Å². The first kappa shape index (κ1) is 10.9. The van der Waals surface area contributed by atoms with Gasteiger partial charge in [0.15, 0.2) is 0 Å². The van der Waals surface area contributed by atoms with Gasteiger partial charge in [-0.3, -0.25) is 0 Å². The molecule has 19 heavy (non-hydrogen) atoms. The van der Waals surface area contributed by atoms with Crippen molar-refractivity contribution in [1.29, 1.82) is 0 Å². The minimum absolute atomic E-state index is 1.10. The van der Waals surface area contributed by atoms with E-state index in [4.69, 9.17) is 0 Å². The molecule has 2 aromatic rings.